The molecule has 0 spiro atoms. The van der Waals surface area contributed by atoms with Crippen molar-refractivity contribution < 1.29 is 23.6 Å². The van der Waals surface area contributed by atoms with Gasteiger partial charge in [0.1, 0.15) is 12.4 Å². The highest BCUT2D eigenvalue weighted by Gasteiger charge is 2.23. The van der Waals surface area contributed by atoms with Gasteiger partial charge in [0.2, 0.25) is 0 Å². The molecule has 0 saturated heterocycles. The van der Waals surface area contributed by atoms with Crippen LogP contribution in [0.3, 0.4) is 0 Å². The van der Waals surface area contributed by atoms with E-state index < -0.39 is 11.8 Å². The third-order valence-corrected chi connectivity index (χ3v) is 4.27. The van der Waals surface area contributed by atoms with Crippen LogP contribution in [0.15, 0.2) is 35.2 Å². The summed E-state index contributed by atoms with van der Waals surface area (Å²) >= 11 is 0. The first-order valence-electron chi connectivity index (χ1n) is 8.41. The Morgan fingerprint density at radius 1 is 1.27 bits per heavy atom. The van der Waals surface area contributed by atoms with Crippen LogP contribution in [-0.2, 0) is 4.74 Å². The number of aliphatic hydroxyl groups excluding tert-OH is 1. The molecule has 10 nitrogen and oxygen atoms in total. The topological polar surface area (TPSA) is 166 Å². The van der Waals surface area contributed by atoms with Gasteiger partial charge in [0, 0.05) is 34.8 Å². The first-order chi connectivity index (χ1) is 14.0. The molecule has 4 aromatic rings. The van der Waals surface area contributed by atoms with E-state index in [4.69, 9.17) is 25.8 Å². The van der Waals surface area contributed by atoms with Crippen molar-refractivity contribution in [3.05, 3.63) is 42.1 Å². The van der Waals surface area contributed by atoms with Gasteiger partial charge < -0.3 is 25.8 Å². The van der Waals surface area contributed by atoms with Gasteiger partial charge in [-0.2, -0.15) is 5.10 Å². The van der Waals surface area contributed by atoms with Crippen molar-refractivity contribution in [1.29, 1.82) is 0 Å². The van der Waals surface area contributed by atoms with Crippen LogP contribution >= 0.6 is 12.4 Å². The van der Waals surface area contributed by atoms with Gasteiger partial charge in [-0.1, -0.05) is 5.16 Å². The SMILES string of the molecule is Cl.Nc1cc(F)c(-c2ncc(-c3cn[nH]c3)c3onc(N)c23)cc1C(=O)OCCO. The molecule has 3 aromatic heterocycles. The Kier molecular flexibility index (Phi) is 5.85. The van der Waals surface area contributed by atoms with Crippen molar-refractivity contribution in [3.63, 3.8) is 0 Å². The van der Waals surface area contributed by atoms with Crippen LogP contribution in [0.4, 0.5) is 15.9 Å². The summed E-state index contributed by atoms with van der Waals surface area (Å²) in [6.07, 6.45) is 4.66. The molecule has 0 radical (unpaired) electrons. The van der Waals surface area contributed by atoms with Gasteiger partial charge in [0.05, 0.1) is 29.4 Å². The van der Waals surface area contributed by atoms with Gasteiger partial charge in [0.25, 0.3) is 0 Å². The minimum atomic E-state index is -0.803. The van der Waals surface area contributed by atoms with Crippen molar-refractivity contribution >= 4 is 40.9 Å². The number of nitrogens with one attached hydrogen (secondary N) is 1. The maximum Gasteiger partial charge on any atom is 0.340 e. The number of H-pyrrole nitrogens is 1. The summed E-state index contributed by atoms with van der Waals surface area (Å²) in [7, 11) is 0. The molecule has 0 unspecified atom stereocenters. The molecule has 1 aromatic carbocycles. The first-order valence-corrected chi connectivity index (χ1v) is 8.41. The molecule has 156 valence electrons. The number of hydrogen-bond acceptors (Lipinski definition) is 9. The number of aromatic amines is 1. The number of nitrogen functional groups attached to an aromatic ring is 2. The average Bonchev–Trinajstić information content (AvgIpc) is 3.36. The van der Waals surface area contributed by atoms with E-state index in [0.29, 0.717) is 11.1 Å². The number of aliphatic hydroxyl groups is 1. The molecule has 0 aliphatic rings. The van der Waals surface area contributed by atoms with Crippen molar-refractivity contribution in [1.82, 2.24) is 20.3 Å². The fourth-order valence-corrected chi connectivity index (χ4v) is 2.94. The maximum atomic E-state index is 14.8. The zero-order valence-electron chi connectivity index (χ0n) is 15.3. The molecular formula is C18H16ClFN6O4. The molecule has 3 heterocycles. The number of nitrogens with two attached hydrogens (primary N) is 2. The fraction of sp³-hybridized carbons (Fsp3) is 0.111. The number of ether oxygens (including phenoxy) is 1. The van der Waals surface area contributed by atoms with E-state index in [1.165, 1.54) is 12.3 Å². The number of esters is 1. The van der Waals surface area contributed by atoms with Crippen LogP contribution in [0.2, 0.25) is 0 Å². The van der Waals surface area contributed by atoms with Crippen LogP contribution < -0.4 is 11.5 Å². The Hall–Kier alpha value is -3.70. The summed E-state index contributed by atoms with van der Waals surface area (Å²) in [5, 5.41) is 19.4. The van der Waals surface area contributed by atoms with Crippen molar-refractivity contribution in [2.24, 2.45) is 0 Å². The average molecular weight is 435 g/mol. The lowest BCUT2D eigenvalue weighted by atomic mass is 10.0. The number of nitrogens with zero attached hydrogens (tertiary/aromatic N) is 3. The van der Waals surface area contributed by atoms with E-state index in [0.717, 1.165) is 6.07 Å². The zero-order valence-corrected chi connectivity index (χ0v) is 16.1. The number of pyridine rings is 1. The Bertz CT molecular complexity index is 1210. The Morgan fingerprint density at radius 3 is 2.77 bits per heavy atom. The number of aromatic nitrogens is 4. The van der Waals surface area contributed by atoms with E-state index >= 15 is 0 Å². The molecule has 0 fully saturated rings. The third kappa shape index (κ3) is 3.51. The summed E-state index contributed by atoms with van der Waals surface area (Å²) in [4.78, 5) is 16.5. The van der Waals surface area contributed by atoms with Crippen molar-refractivity contribution in [2.45, 2.75) is 0 Å². The van der Waals surface area contributed by atoms with Gasteiger partial charge >= 0.3 is 5.97 Å². The summed E-state index contributed by atoms with van der Waals surface area (Å²) in [5.74, 6) is -1.51. The van der Waals surface area contributed by atoms with Crippen LogP contribution in [0.1, 0.15) is 10.4 Å². The van der Waals surface area contributed by atoms with E-state index in [1.54, 1.807) is 12.4 Å². The summed E-state index contributed by atoms with van der Waals surface area (Å²) in [5.41, 5.74) is 13.1. The number of fused-ring (bicyclic) bond motifs is 1. The molecular weight excluding hydrogens is 419 g/mol. The van der Waals surface area contributed by atoms with Gasteiger partial charge in [0.15, 0.2) is 11.4 Å². The van der Waals surface area contributed by atoms with Gasteiger partial charge in [-0.05, 0) is 12.1 Å². The fourth-order valence-electron chi connectivity index (χ4n) is 2.94. The Labute approximate surface area is 174 Å². The molecule has 0 amide bonds. The second kappa shape index (κ2) is 8.35. The molecule has 4 rings (SSSR count). The largest absolute Gasteiger partial charge is 0.460 e. The molecule has 0 saturated carbocycles. The molecule has 30 heavy (non-hydrogen) atoms. The zero-order chi connectivity index (χ0) is 20.5. The van der Waals surface area contributed by atoms with E-state index in [2.05, 4.69) is 20.3 Å². The van der Waals surface area contributed by atoms with Crippen molar-refractivity contribution in [3.8, 4) is 22.4 Å². The lowest BCUT2D eigenvalue weighted by molar-refractivity contribution is 0.0435. The number of hydrogen-bond donors (Lipinski definition) is 4. The number of benzene rings is 1. The molecule has 6 N–H and O–H groups in total. The molecule has 0 bridgehead atoms. The van der Waals surface area contributed by atoms with Crippen LogP contribution in [0.5, 0.6) is 0 Å². The predicted molar refractivity (Wildman–Crippen MR) is 108 cm³/mol. The highest BCUT2D eigenvalue weighted by molar-refractivity contribution is 6.06. The highest BCUT2D eigenvalue weighted by atomic mass is 35.5. The third-order valence-electron chi connectivity index (χ3n) is 4.27. The highest BCUT2D eigenvalue weighted by Crippen LogP contribution is 2.38. The van der Waals surface area contributed by atoms with E-state index in [9.17, 15) is 9.18 Å². The maximum absolute atomic E-state index is 14.8. The quantitative estimate of drug-likeness (QED) is 0.272. The predicted octanol–water partition coefficient (Wildman–Crippen LogP) is 2.15. The molecule has 0 aliphatic carbocycles. The number of carbonyl (C=O) groups excluding carboxylic acids is 1. The Balaban J connectivity index is 0.00000256. The minimum Gasteiger partial charge on any atom is -0.460 e. The standard InChI is InChI=1S/C18H15FN6O4.ClH/c19-12-4-13(20)10(18(27)28-2-1-26)3-9(12)15-14-16(29-25-17(14)21)11(7-22-15)8-5-23-24-6-8;/h3-7,26H,1-2,20H2,(H2,21,25)(H,23,24);1H. The number of anilines is 2. The van der Waals surface area contributed by atoms with E-state index in [1.807, 2.05) is 0 Å². The second-order valence-corrected chi connectivity index (χ2v) is 6.06. The monoisotopic (exact) mass is 434 g/mol. The minimum absolute atomic E-state index is 0. The number of rotatable bonds is 5. The lowest BCUT2D eigenvalue weighted by Crippen LogP contribution is -2.12. The Morgan fingerprint density at radius 2 is 2.07 bits per heavy atom. The summed E-state index contributed by atoms with van der Waals surface area (Å²) in [6, 6.07) is 2.21. The summed E-state index contributed by atoms with van der Waals surface area (Å²) in [6.45, 7) is -0.569. The molecule has 12 heteroatoms. The molecule has 0 atom stereocenters. The molecule has 0 aliphatic heterocycles. The number of carbonyl (C=O) groups is 1. The van der Waals surface area contributed by atoms with Crippen LogP contribution in [0, 0.1) is 5.82 Å². The second-order valence-electron chi connectivity index (χ2n) is 6.06. The van der Waals surface area contributed by atoms with Crippen LogP contribution in [0.25, 0.3) is 33.4 Å². The van der Waals surface area contributed by atoms with Gasteiger partial charge in [-0.25, -0.2) is 9.18 Å². The normalized spacial score (nSPS) is 10.7. The van der Waals surface area contributed by atoms with Gasteiger partial charge in [-0.3, -0.25) is 10.1 Å². The van der Waals surface area contributed by atoms with Gasteiger partial charge in [-0.15, -0.1) is 12.4 Å². The van der Waals surface area contributed by atoms with Crippen LogP contribution in [-0.4, -0.2) is 44.6 Å². The van der Waals surface area contributed by atoms with E-state index in [-0.39, 0.29) is 64.9 Å². The lowest BCUT2D eigenvalue weighted by Gasteiger charge is -2.11. The smallest absolute Gasteiger partial charge is 0.340 e. The number of halogens is 2. The van der Waals surface area contributed by atoms with Crippen molar-refractivity contribution in [2.75, 3.05) is 24.7 Å². The summed E-state index contributed by atoms with van der Waals surface area (Å²) < 4.78 is 25.0. The first kappa shape index (κ1) is 21.0.